The highest BCUT2D eigenvalue weighted by molar-refractivity contribution is 7.92. The summed E-state index contributed by atoms with van der Waals surface area (Å²) >= 11 is 0. The number of aliphatic hydroxyl groups is 1. The Balaban J connectivity index is 2.56. The minimum absolute atomic E-state index is 0.172. The van der Waals surface area contributed by atoms with Crippen molar-refractivity contribution >= 4 is 9.84 Å². The van der Waals surface area contributed by atoms with Crippen LogP contribution in [-0.2, 0) is 15.4 Å². The second-order valence-corrected chi connectivity index (χ2v) is 6.76. The first kappa shape index (κ1) is 15.6. The van der Waals surface area contributed by atoms with E-state index < -0.39 is 25.6 Å². The van der Waals surface area contributed by atoms with E-state index in [4.69, 9.17) is 0 Å². The van der Waals surface area contributed by atoms with Crippen LogP contribution in [0, 0.1) is 0 Å². The Morgan fingerprint density at radius 2 is 1.33 bits per heavy atom. The molecule has 1 unspecified atom stereocenters. The predicted molar refractivity (Wildman–Crippen MR) is 74.6 cm³/mol. The van der Waals surface area contributed by atoms with E-state index in [1.165, 1.54) is 42.5 Å². The van der Waals surface area contributed by atoms with E-state index in [1.807, 2.05) is 0 Å². The van der Waals surface area contributed by atoms with Crippen molar-refractivity contribution in [2.45, 2.75) is 22.7 Å². The molecule has 2 aromatic rings. The lowest BCUT2D eigenvalue weighted by molar-refractivity contribution is -0.120. The lowest BCUT2D eigenvalue weighted by Gasteiger charge is -2.32. The zero-order valence-corrected chi connectivity index (χ0v) is 12.0. The fourth-order valence-corrected chi connectivity index (χ4v) is 3.39. The van der Waals surface area contributed by atoms with Gasteiger partial charge >= 0.3 is 5.25 Å². The van der Waals surface area contributed by atoms with Crippen molar-refractivity contribution in [2.24, 2.45) is 0 Å². The molecular formula is C15H14F2O3S. The first-order valence-electron chi connectivity index (χ1n) is 6.16. The van der Waals surface area contributed by atoms with Gasteiger partial charge in [0.25, 0.3) is 0 Å². The molecule has 0 radical (unpaired) electrons. The van der Waals surface area contributed by atoms with E-state index in [1.54, 1.807) is 6.07 Å². The molecule has 1 atom stereocenters. The highest BCUT2D eigenvalue weighted by Crippen LogP contribution is 2.44. The van der Waals surface area contributed by atoms with E-state index in [-0.39, 0.29) is 5.56 Å². The summed E-state index contributed by atoms with van der Waals surface area (Å²) in [5.74, 6) is 0. The summed E-state index contributed by atoms with van der Waals surface area (Å²) in [5.41, 5.74) is -3.02. The zero-order valence-electron chi connectivity index (χ0n) is 11.2. The molecule has 0 bridgehead atoms. The molecule has 2 aromatic carbocycles. The van der Waals surface area contributed by atoms with Crippen molar-refractivity contribution in [2.75, 3.05) is 0 Å². The molecule has 0 spiro atoms. The van der Waals surface area contributed by atoms with Gasteiger partial charge in [-0.1, -0.05) is 48.5 Å². The van der Waals surface area contributed by atoms with Crippen LogP contribution in [0.25, 0.3) is 0 Å². The normalized spacial score (nSPS) is 15.4. The standard InChI is InChI=1S/C15H14F2O3S/c1-14(18,12-8-4-2-5-9-12)15(16,17)21(19,20)13-10-6-3-7-11-13/h2-11,18H,1H3. The van der Waals surface area contributed by atoms with Crippen LogP contribution in [-0.4, -0.2) is 18.8 Å². The molecule has 2 rings (SSSR count). The maximum atomic E-state index is 14.5. The van der Waals surface area contributed by atoms with Gasteiger partial charge in [0, 0.05) is 0 Å². The van der Waals surface area contributed by atoms with Gasteiger partial charge < -0.3 is 5.11 Å². The number of rotatable bonds is 4. The topological polar surface area (TPSA) is 54.4 Å². The van der Waals surface area contributed by atoms with Gasteiger partial charge in [0.2, 0.25) is 9.84 Å². The molecule has 0 aliphatic rings. The van der Waals surface area contributed by atoms with Gasteiger partial charge in [-0.05, 0) is 24.6 Å². The van der Waals surface area contributed by atoms with E-state index in [0.29, 0.717) is 0 Å². The van der Waals surface area contributed by atoms with Crippen LogP contribution in [0.15, 0.2) is 65.6 Å². The van der Waals surface area contributed by atoms with Crippen molar-refractivity contribution in [3.8, 4) is 0 Å². The van der Waals surface area contributed by atoms with Gasteiger partial charge in [-0.2, -0.15) is 8.78 Å². The van der Waals surface area contributed by atoms with Crippen molar-refractivity contribution in [1.82, 2.24) is 0 Å². The molecule has 112 valence electrons. The largest absolute Gasteiger partial charge is 0.381 e. The molecule has 0 saturated heterocycles. The molecule has 1 N–H and O–H groups in total. The van der Waals surface area contributed by atoms with E-state index in [9.17, 15) is 22.3 Å². The summed E-state index contributed by atoms with van der Waals surface area (Å²) in [4.78, 5) is -0.536. The molecule has 0 heterocycles. The number of hydrogen-bond donors (Lipinski definition) is 1. The Morgan fingerprint density at radius 1 is 0.905 bits per heavy atom. The molecule has 0 saturated carbocycles. The number of hydrogen-bond acceptors (Lipinski definition) is 3. The molecule has 0 fully saturated rings. The van der Waals surface area contributed by atoms with Crippen LogP contribution < -0.4 is 0 Å². The molecule has 0 aromatic heterocycles. The smallest absolute Gasteiger partial charge is 0.378 e. The minimum atomic E-state index is -5.03. The summed E-state index contributed by atoms with van der Waals surface area (Å²) in [6.07, 6.45) is 0. The van der Waals surface area contributed by atoms with Crippen LogP contribution in [0.3, 0.4) is 0 Å². The molecule has 6 heteroatoms. The quantitative estimate of drug-likeness (QED) is 0.944. The SMILES string of the molecule is CC(O)(c1ccccc1)C(F)(F)S(=O)(=O)c1ccccc1. The number of sulfone groups is 1. The maximum absolute atomic E-state index is 14.5. The molecule has 0 amide bonds. The van der Waals surface area contributed by atoms with Gasteiger partial charge in [0.1, 0.15) is 0 Å². The number of halogens is 2. The highest BCUT2D eigenvalue weighted by Gasteiger charge is 2.60. The van der Waals surface area contributed by atoms with Crippen molar-refractivity contribution in [3.63, 3.8) is 0 Å². The molecule has 3 nitrogen and oxygen atoms in total. The molecule has 0 aliphatic carbocycles. The Morgan fingerprint density at radius 3 is 1.81 bits per heavy atom. The Hall–Kier alpha value is -1.79. The van der Waals surface area contributed by atoms with Gasteiger partial charge in [-0.25, -0.2) is 8.42 Å². The van der Waals surface area contributed by atoms with Gasteiger partial charge in [-0.15, -0.1) is 0 Å². The third-order valence-corrected chi connectivity index (χ3v) is 5.26. The maximum Gasteiger partial charge on any atom is 0.381 e. The van der Waals surface area contributed by atoms with E-state index in [0.717, 1.165) is 19.1 Å². The predicted octanol–water partition coefficient (Wildman–Crippen LogP) is 2.96. The summed E-state index contributed by atoms with van der Waals surface area (Å²) in [5, 5.41) is 5.81. The second-order valence-electron chi connectivity index (χ2n) is 4.77. The Kier molecular flexibility index (Phi) is 3.86. The third-order valence-electron chi connectivity index (χ3n) is 3.29. The Labute approximate surface area is 121 Å². The van der Waals surface area contributed by atoms with Crippen molar-refractivity contribution in [1.29, 1.82) is 0 Å². The zero-order chi connectivity index (χ0) is 15.7. The highest BCUT2D eigenvalue weighted by atomic mass is 32.2. The van der Waals surface area contributed by atoms with E-state index >= 15 is 0 Å². The molecule has 21 heavy (non-hydrogen) atoms. The first-order chi connectivity index (χ1) is 9.71. The van der Waals surface area contributed by atoms with Crippen molar-refractivity contribution < 1.29 is 22.3 Å². The summed E-state index contributed by atoms with van der Waals surface area (Å²) in [6, 6.07) is 13.4. The van der Waals surface area contributed by atoms with Gasteiger partial charge in [0.05, 0.1) is 4.90 Å². The number of benzene rings is 2. The van der Waals surface area contributed by atoms with Crippen molar-refractivity contribution in [3.05, 3.63) is 66.2 Å². The lowest BCUT2D eigenvalue weighted by Crippen LogP contribution is -2.48. The number of alkyl halides is 2. The average Bonchev–Trinajstić information content (AvgIpc) is 2.48. The van der Waals surface area contributed by atoms with Crippen LogP contribution in [0.1, 0.15) is 12.5 Å². The van der Waals surface area contributed by atoms with E-state index in [2.05, 4.69) is 0 Å². The van der Waals surface area contributed by atoms with Gasteiger partial charge in [-0.3, -0.25) is 0 Å². The minimum Gasteiger partial charge on any atom is -0.378 e. The van der Waals surface area contributed by atoms with Crippen LogP contribution in [0.2, 0.25) is 0 Å². The summed E-state index contributed by atoms with van der Waals surface area (Å²) in [6.45, 7) is 0.794. The Bertz CT molecular complexity index is 711. The summed E-state index contributed by atoms with van der Waals surface area (Å²) < 4.78 is 53.4. The molecular weight excluding hydrogens is 298 g/mol. The third kappa shape index (κ3) is 2.45. The summed E-state index contributed by atoms with van der Waals surface area (Å²) in [7, 11) is -5.03. The first-order valence-corrected chi connectivity index (χ1v) is 7.65. The average molecular weight is 312 g/mol. The fourth-order valence-electron chi connectivity index (χ4n) is 1.94. The van der Waals surface area contributed by atoms with Crippen LogP contribution in [0.5, 0.6) is 0 Å². The monoisotopic (exact) mass is 312 g/mol. The second kappa shape index (κ2) is 5.20. The van der Waals surface area contributed by atoms with Gasteiger partial charge in [0.15, 0.2) is 5.60 Å². The lowest BCUT2D eigenvalue weighted by atomic mass is 9.96. The fraction of sp³-hybridized carbons (Fsp3) is 0.200. The van der Waals surface area contributed by atoms with Crippen LogP contribution in [0.4, 0.5) is 8.78 Å². The van der Waals surface area contributed by atoms with Crippen LogP contribution >= 0.6 is 0 Å². The molecule has 0 aliphatic heterocycles.